The van der Waals surface area contributed by atoms with Crippen LogP contribution in [0.3, 0.4) is 0 Å². The number of aromatic nitrogens is 2. The third-order valence-corrected chi connectivity index (χ3v) is 4.99. The Kier molecular flexibility index (Phi) is 4.79. The van der Waals surface area contributed by atoms with Crippen LogP contribution in [0.1, 0.15) is 59.4 Å². The Balaban J connectivity index is 2.24. The van der Waals surface area contributed by atoms with Gasteiger partial charge in [-0.15, -0.1) is 0 Å². The second-order valence-electron chi connectivity index (χ2n) is 7.24. The summed E-state index contributed by atoms with van der Waals surface area (Å²) in [5.41, 5.74) is 2.97. The third kappa shape index (κ3) is 3.49. The predicted octanol–water partition coefficient (Wildman–Crippen LogP) is 2.82. The maximum Gasteiger partial charge on any atom is 0.0625 e. The van der Waals surface area contributed by atoms with E-state index in [0.29, 0.717) is 0 Å². The molecule has 0 aromatic carbocycles. The molecule has 1 atom stereocenters. The van der Waals surface area contributed by atoms with Gasteiger partial charge in [0.15, 0.2) is 0 Å². The van der Waals surface area contributed by atoms with Crippen LogP contribution in [0.2, 0.25) is 0 Å². The summed E-state index contributed by atoms with van der Waals surface area (Å²) in [4.78, 5) is 2.64. The molecule has 0 amide bonds. The molecule has 1 aliphatic rings. The van der Waals surface area contributed by atoms with Crippen LogP contribution in [0.15, 0.2) is 6.07 Å². The number of hydrogen-bond acceptors (Lipinski definition) is 3. The Labute approximate surface area is 129 Å². The molecule has 2 rings (SSSR count). The summed E-state index contributed by atoms with van der Waals surface area (Å²) in [5.74, 6) is 0. The van der Waals surface area contributed by atoms with Gasteiger partial charge in [-0.1, -0.05) is 13.8 Å². The van der Waals surface area contributed by atoms with E-state index in [4.69, 9.17) is 5.10 Å². The summed E-state index contributed by atoms with van der Waals surface area (Å²) in [6.45, 7) is 17.7. The zero-order chi connectivity index (χ0) is 15.7. The van der Waals surface area contributed by atoms with Crippen molar-refractivity contribution >= 4 is 0 Å². The van der Waals surface area contributed by atoms with Gasteiger partial charge in [-0.3, -0.25) is 9.58 Å². The molecule has 1 aromatic heterocycles. The molecular weight excluding hydrogens is 260 g/mol. The molecule has 1 aliphatic heterocycles. The van der Waals surface area contributed by atoms with Gasteiger partial charge in [0, 0.05) is 37.3 Å². The number of nitrogens with zero attached hydrogens (tertiary/aromatic N) is 3. The number of nitrogens with one attached hydrogen (secondary N) is 1. The van der Waals surface area contributed by atoms with E-state index in [1.807, 2.05) is 0 Å². The van der Waals surface area contributed by atoms with Gasteiger partial charge < -0.3 is 5.32 Å². The normalized spacial score (nSPS) is 26.2. The summed E-state index contributed by atoms with van der Waals surface area (Å²) in [6, 6.07) is 2.29. The highest BCUT2D eigenvalue weighted by Gasteiger charge is 2.39. The van der Waals surface area contributed by atoms with Gasteiger partial charge >= 0.3 is 0 Å². The fraction of sp³-hybridized carbons (Fsp3) is 0.824. The van der Waals surface area contributed by atoms with Crippen molar-refractivity contribution in [1.82, 2.24) is 20.0 Å². The van der Waals surface area contributed by atoms with Crippen LogP contribution in [0.4, 0.5) is 0 Å². The summed E-state index contributed by atoms with van der Waals surface area (Å²) >= 11 is 0. The topological polar surface area (TPSA) is 33.1 Å². The van der Waals surface area contributed by atoms with Gasteiger partial charge in [0.05, 0.1) is 11.4 Å². The van der Waals surface area contributed by atoms with Crippen LogP contribution >= 0.6 is 0 Å². The van der Waals surface area contributed by atoms with Gasteiger partial charge in [0.2, 0.25) is 0 Å². The number of rotatable bonds is 5. The van der Waals surface area contributed by atoms with Crippen molar-refractivity contribution in [2.45, 2.75) is 78.6 Å². The van der Waals surface area contributed by atoms with E-state index >= 15 is 0 Å². The predicted molar refractivity (Wildman–Crippen MR) is 88.5 cm³/mol. The molecule has 1 saturated heterocycles. The van der Waals surface area contributed by atoms with Gasteiger partial charge in [0.1, 0.15) is 0 Å². The van der Waals surface area contributed by atoms with Crippen molar-refractivity contribution in [3.05, 3.63) is 17.5 Å². The first-order chi connectivity index (χ1) is 9.83. The van der Waals surface area contributed by atoms with Gasteiger partial charge in [-0.2, -0.15) is 5.10 Å². The average Bonchev–Trinajstić information content (AvgIpc) is 2.85. The minimum Gasteiger partial charge on any atom is -0.309 e. The van der Waals surface area contributed by atoms with E-state index < -0.39 is 0 Å². The highest BCUT2D eigenvalue weighted by molar-refractivity contribution is 5.12. The average molecular weight is 292 g/mol. The molecule has 0 aliphatic carbocycles. The molecule has 21 heavy (non-hydrogen) atoms. The second kappa shape index (κ2) is 6.09. The monoisotopic (exact) mass is 292 g/mol. The molecule has 1 fully saturated rings. The first-order valence-corrected chi connectivity index (χ1v) is 8.39. The first kappa shape index (κ1) is 16.5. The quantitative estimate of drug-likeness (QED) is 0.906. The molecule has 120 valence electrons. The van der Waals surface area contributed by atoms with Gasteiger partial charge in [-0.25, -0.2) is 0 Å². The SMILES string of the molecule is CCc1cc(CN2CC(C)(C)NCC2(C)CC)n(CC)n1. The van der Waals surface area contributed by atoms with Crippen LogP contribution in [0.5, 0.6) is 0 Å². The molecule has 0 spiro atoms. The molecule has 4 nitrogen and oxygen atoms in total. The molecule has 0 bridgehead atoms. The molecule has 1 aromatic rings. The van der Waals surface area contributed by atoms with Crippen molar-refractivity contribution in [3.8, 4) is 0 Å². The maximum absolute atomic E-state index is 4.70. The van der Waals surface area contributed by atoms with Crippen LogP contribution in [0.25, 0.3) is 0 Å². The number of piperazine rings is 1. The zero-order valence-electron chi connectivity index (χ0n) is 14.7. The Morgan fingerprint density at radius 3 is 2.52 bits per heavy atom. The Hall–Kier alpha value is -0.870. The van der Waals surface area contributed by atoms with E-state index in [1.54, 1.807) is 0 Å². The van der Waals surface area contributed by atoms with Crippen LogP contribution in [-0.4, -0.2) is 38.8 Å². The molecule has 1 N–H and O–H groups in total. The number of hydrogen-bond donors (Lipinski definition) is 1. The van der Waals surface area contributed by atoms with E-state index in [-0.39, 0.29) is 11.1 Å². The second-order valence-corrected chi connectivity index (χ2v) is 7.24. The van der Waals surface area contributed by atoms with Gasteiger partial charge in [-0.05, 0) is 46.6 Å². The largest absolute Gasteiger partial charge is 0.309 e. The molecule has 2 heterocycles. The van der Waals surface area contributed by atoms with E-state index in [0.717, 1.165) is 39.0 Å². The summed E-state index contributed by atoms with van der Waals surface area (Å²) in [5, 5.41) is 8.39. The van der Waals surface area contributed by atoms with E-state index in [9.17, 15) is 0 Å². The molecular formula is C17H32N4. The van der Waals surface area contributed by atoms with Crippen molar-refractivity contribution in [3.63, 3.8) is 0 Å². The third-order valence-electron chi connectivity index (χ3n) is 4.99. The summed E-state index contributed by atoms with van der Waals surface area (Å²) < 4.78 is 2.17. The van der Waals surface area contributed by atoms with Gasteiger partial charge in [0.25, 0.3) is 0 Å². The molecule has 0 saturated carbocycles. The smallest absolute Gasteiger partial charge is 0.0625 e. The fourth-order valence-electron chi connectivity index (χ4n) is 3.15. The van der Waals surface area contributed by atoms with Crippen LogP contribution in [-0.2, 0) is 19.5 Å². The minimum atomic E-state index is 0.180. The lowest BCUT2D eigenvalue weighted by molar-refractivity contribution is 0.0156. The Morgan fingerprint density at radius 2 is 1.95 bits per heavy atom. The van der Waals surface area contributed by atoms with E-state index in [1.165, 1.54) is 11.4 Å². The van der Waals surface area contributed by atoms with Crippen molar-refractivity contribution < 1.29 is 0 Å². The standard InChI is InChI=1S/C17H32N4/c1-7-14-10-15(21(9-3)19-14)11-20-13-16(4,5)18-12-17(20,6)8-2/h10,18H,7-9,11-13H2,1-6H3. The van der Waals surface area contributed by atoms with Crippen molar-refractivity contribution in [2.75, 3.05) is 13.1 Å². The first-order valence-electron chi connectivity index (χ1n) is 8.39. The van der Waals surface area contributed by atoms with Crippen molar-refractivity contribution in [2.24, 2.45) is 0 Å². The molecule has 1 unspecified atom stereocenters. The lowest BCUT2D eigenvalue weighted by Gasteiger charge is -2.51. The van der Waals surface area contributed by atoms with Crippen LogP contribution < -0.4 is 5.32 Å². The maximum atomic E-state index is 4.70. The molecule has 0 radical (unpaired) electrons. The summed E-state index contributed by atoms with van der Waals surface area (Å²) in [6.07, 6.45) is 2.18. The zero-order valence-corrected chi connectivity index (χ0v) is 14.7. The number of aryl methyl sites for hydroxylation is 2. The fourth-order valence-corrected chi connectivity index (χ4v) is 3.15. The lowest BCUT2D eigenvalue weighted by Crippen LogP contribution is -2.66. The Bertz CT molecular complexity index is 477. The highest BCUT2D eigenvalue weighted by Crippen LogP contribution is 2.28. The lowest BCUT2D eigenvalue weighted by atomic mass is 9.88. The highest BCUT2D eigenvalue weighted by atomic mass is 15.3. The molecule has 4 heteroatoms. The van der Waals surface area contributed by atoms with Crippen molar-refractivity contribution in [1.29, 1.82) is 0 Å². The summed E-state index contributed by atoms with van der Waals surface area (Å²) in [7, 11) is 0. The minimum absolute atomic E-state index is 0.180. The Morgan fingerprint density at radius 1 is 1.24 bits per heavy atom. The van der Waals surface area contributed by atoms with E-state index in [2.05, 4.69) is 62.5 Å². The van der Waals surface area contributed by atoms with Crippen LogP contribution in [0, 0.1) is 0 Å².